The Morgan fingerprint density at radius 1 is 1.04 bits per heavy atom. The average molecular weight is 372 g/mol. The maximum absolute atomic E-state index is 6.33. The number of benzene rings is 1. The molecule has 0 spiro atoms. The van der Waals surface area contributed by atoms with Gasteiger partial charge in [-0.1, -0.05) is 12.1 Å². The monoisotopic (exact) mass is 372 g/mol. The van der Waals surface area contributed by atoms with E-state index in [0.29, 0.717) is 11.8 Å². The molecule has 0 bridgehead atoms. The Bertz CT molecular complexity index is 1210. The minimum atomic E-state index is 0.136. The third kappa shape index (κ3) is 2.25. The molecule has 4 heterocycles. The Morgan fingerprint density at radius 2 is 1.82 bits per heavy atom. The molecule has 5 heteroatoms. The lowest BCUT2D eigenvalue weighted by molar-refractivity contribution is 0.597. The highest BCUT2D eigenvalue weighted by molar-refractivity contribution is 6.09. The van der Waals surface area contributed by atoms with Crippen LogP contribution in [0, 0.1) is 13.8 Å². The molecular formula is C23H24N4O. The van der Waals surface area contributed by atoms with Crippen LogP contribution in [0.15, 0.2) is 47.0 Å². The summed E-state index contributed by atoms with van der Waals surface area (Å²) in [6.45, 7) is 10.8. The lowest BCUT2D eigenvalue weighted by Crippen LogP contribution is -2.42. The predicted octanol–water partition coefficient (Wildman–Crippen LogP) is 5.71. The van der Waals surface area contributed by atoms with E-state index in [9.17, 15) is 0 Å². The van der Waals surface area contributed by atoms with Gasteiger partial charge < -0.3 is 14.2 Å². The summed E-state index contributed by atoms with van der Waals surface area (Å²) >= 11 is 0. The fraction of sp³-hybridized carbons (Fsp3) is 0.304. The molecule has 0 fully saturated rings. The largest absolute Gasteiger partial charge is 0.435 e. The van der Waals surface area contributed by atoms with Crippen LogP contribution >= 0.6 is 0 Å². The number of nitrogens with zero attached hydrogens (tertiary/aromatic N) is 4. The molecule has 1 unspecified atom stereocenters. The molecule has 1 aliphatic heterocycles. The van der Waals surface area contributed by atoms with Crippen molar-refractivity contribution in [3.05, 3.63) is 53.9 Å². The van der Waals surface area contributed by atoms with E-state index in [1.807, 2.05) is 25.3 Å². The number of hydrogen-bond donors (Lipinski definition) is 0. The summed E-state index contributed by atoms with van der Waals surface area (Å²) in [4.78, 5) is 14.0. The first-order valence-electron chi connectivity index (χ1n) is 9.79. The molecule has 4 aromatic rings. The Morgan fingerprint density at radius 3 is 2.61 bits per heavy atom. The maximum Gasteiger partial charge on any atom is 0.227 e. The van der Waals surface area contributed by atoms with E-state index in [2.05, 4.69) is 66.7 Å². The van der Waals surface area contributed by atoms with Gasteiger partial charge in [-0.2, -0.15) is 0 Å². The summed E-state index contributed by atoms with van der Waals surface area (Å²) in [7, 11) is 0. The second-order valence-electron chi connectivity index (χ2n) is 7.86. The Balaban J connectivity index is 1.82. The molecule has 1 aromatic carbocycles. The van der Waals surface area contributed by atoms with Gasteiger partial charge in [0.05, 0.1) is 11.4 Å². The molecule has 5 nitrogen and oxygen atoms in total. The van der Waals surface area contributed by atoms with E-state index in [1.54, 1.807) is 0 Å². The van der Waals surface area contributed by atoms with Gasteiger partial charge in [0.25, 0.3) is 0 Å². The van der Waals surface area contributed by atoms with Gasteiger partial charge in [-0.3, -0.25) is 0 Å². The van der Waals surface area contributed by atoms with Crippen molar-refractivity contribution in [2.45, 2.75) is 46.8 Å². The minimum absolute atomic E-state index is 0.136. The number of hydrogen-bond acceptors (Lipinski definition) is 5. The third-order valence-corrected chi connectivity index (χ3v) is 5.67. The van der Waals surface area contributed by atoms with Crippen LogP contribution in [-0.4, -0.2) is 22.2 Å². The second kappa shape index (κ2) is 5.96. The number of anilines is 3. The summed E-state index contributed by atoms with van der Waals surface area (Å²) in [5, 5.41) is 2.16. The topological polar surface area (TPSA) is 45.4 Å². The molecule has 0 saturated carbocycles. The normalized spacial score (nSPS) is 16.6. The molecular weight excluding hydrogens is 348 g/mol. The van der Waals surface area contributed by atoms with E-state index in [-0.39, 0.29) is 6.17 Å². The first-order valence-corrected chi connectivity index (χ1v) is 9.79. The van der Waals surface area contributed by atoms with Gasteiger partial charge in [0.15, 0.2) is 11.4 Å². The van der Waals surface area contributed by atoms with E-state index in [1.165, 1.54) is 5.56 Å². The number of rotatable bonds is 2. The van der Waals surface area contributed by atoms with Crippen LogP contribution in [-0.2, 0) is 0 Å². The van der Waals surface area contributed by atoms with Crippen LogP contribution < -0.4 is 9.80 Å². The molecule has 142 valence electrons. The molecule has 0 saturated heterocycles. The van der Waals surface area contributed by atoms with E-state index >= 15 is 0 Å². The van der Waals surface area contributed by atoms with Crippen molar-refractivity contribution in [2.24, 2.45) is 0 Å². The zero-order chi connectivity index (χ0) is 19.6. The third-order valence-electron chi connectivity index (χ3n) is 5.67. The highest BCUT2D eigenvalue weighted by Gasteiger charge is 2.38. The zero-order valence-electron chi connectivity index (χ0n) is 16.9. The maximum atomic E-state index is 6.33. The number of furan rings is 1. The Hall–Kier alpha value is -3.08. The van der Waals surface area contributed by atoms with Crippen LogP contribution in [0.25, 0.3) is 22.1 Å². The molecule has 1 atom stereocenters. The lowest BCUT2D eigenvalue weighted by Gasteiger charge is -2.33. The van der Waals surface area contributed by atoms with E-state index in [4.69, 9.17) is 9.40 Å². The number of aromatic nitrogens is 2. The van der Waals surface area contributed by atoms with Crippen molar-refractivity contribution in [3.8, 4) is 0 Å². The number of aryl methyl sites for hydroxylation is 2. The van der Waals surface area contributed by atoms with Gasteiger partial charge in [-0.15, -0.1) is 0 Å². The van der Waals surface area contributed by atoms with E-state index < -0.39 is 0 Å². The fourth-order valence-corrected chi connectivity index (χ4v) is 4.46. The molecule has 28 heavy (non-hydrogen) atoms. The van der Waals surface area contributed by atoms with E-state index in [0.717, 1.165) is 39.2 Å². The standard InChI is InChI=1S/C23H24N4O/c1-13(2)26-16(5)27(19-7-6-12-24-22(19)26)20-14(3)8-10-17-18-11-9-15(4)25-23(18)28-21(17)20/h6-13,16H,1-5H3. The first kappa shape index (κ1) is 17.0. The van der Waals surface area contributed by atoms with Gasteiger partial charge in [0.1, 0.15) is 6.17 Å². The average Bonchev–Trinajstić information content (AvgIpc) is 3.16. The molecule has 0 radical (unpaired) electrons. The SMILES string of the molecule is Cc1ccc2c(n1)oc1c(N3c4cccnc4N(C(C)C)C3C)c(C)ccc12. The van der Waals surface area contributed by atoms with Gasteiger partial charge in [0.2, 0.25) is 5.71 Å². The fourth-order valence-electron chi connectivity index (χ4n) is 4.46. The first-order chi connectivity index (χ1) is 13.5. The summed E-state index contributed by atoms with van der Waals surface area (Å²) < 4.78 is 6.33. The molecule has 3 aromatic heterocycles. The zero-order valence-corrected chi connectivity index (χ0v) is 16.9. The minimum Gasteiger partial charge on any atom is -0.435 e. The van der Waals surface area contributed by atoms with Gasteiger partial charge in [0, 0.05) is 28.7 Å². The molecule has 1 aliphatic rings. The smallest absolute Gasteiger partial charge is 0.227 e. The summed E-state index contributed by atoms with van der Waals surface area (Å²) in [6, 6.07) is 12.9. The molecule has 0 aliphatic carbocycles. The molecule has 0 N–H and O–H groups in total. The van der Waals surface area contributed by atoms with Gasteiger partial charge in [-0.05, 0) is 64.4 Å². The van der Waals surface area contributed by atoms with Gasteiger partial charge in [-0.25, -0.2) is 9.97 Å². The predicted molar refractivity (Wildman–Crippen MR) is 114 cm³/mol. The van der Waals surface area contributed by atoms with Crippen molar-refractivity contribution < 1.29 is 4.42 Å². The van der Waals surface area contributed by atoms with Crippen LogP contribution in [0.3, 0.4) is 0 Å². The number of fused-ring (bicyclic) bond motifs is 4. The molecule has 5 rings (SSSR count). The van der Waals surface area contributed by atoms with Crippen molar-refractivity contribution >= 4 is 39.3 Å². The second-order valence-corrected chi connectivity index (χ2v) is 7.86. The highest BCUT2D eigenvalue weighted by Crippen LogP contribution is 2.47. The van der Waals surface area contributed by atoms with Crippen molar-refractivity contribution in [3.63, 3.8) is 0 Å². The molecule has 0 amide bonds. The van der Waals surface area contributed by atoms with Gasteiger partial charge >= 0.3 is 0 Å². The van der Waals surface area contributed by atoms with Crippen LogP contribution in [0.1, 0.15) is 32.0 Å². The van der Waals surface area contributed by atoms with Crippen LogP contribution in [0.4, 0.5) is 17.2 Å². The summed E-state index contributed by atoms with van der Waals surface area (Å²) in [5.74, 6) is 1.02. The Labute approximate surface area is 164 Å². The lowest BCUT2D eigenvalue weighted by atomic mass is 10.1. The van der Waals surface area contributed by atoms with Crippen molar-refractivity contribution in [1.82, 2.24) is 9.97 Å². The number of pyridine rings is 2. The summed E-state index contributed by atoms with van der Waals surface area (Å²) in [5.41, 5.74) is 5.93. The Kier molecular flexibility index (Phi) is 3.63. The van der Waals surface area contributed by atoms with Crippen LogP contribution in [0.2, 0.25) is 0 Å². The van der Waals surface area contributed by atoms with Crippen molar-refractivity contribution in [1.29, 1.82) is 0 Å². The highest BCUT2D eigenvalue weighted by atomic mass is 16.3. The summed E-state index contributed by atoms with van der Waals surface area (Å²) in [6.07, 6.45) is 2.00. The van der Waals surface area contributed by atoms with Crippen molar-refractivity contribution in [2.75, 3.05) is 9.80 Å². The van der Waals surface area contributed by atoms with Crippen LogP contribution in [0.5, 0.6) is 0 Å². The quantitative estimate of drug-likeness (QED) is 0.451.